The quantitative estimate of drug-likeness (QED) is 0.524. The highest BCUT2D eigenvalue weighted by Gasteiger charge is 2.16. The lowest BCUT2D eigenvalue weighted by molar-refractivity contribution is 0.0492. The Labute approximate surface area is 131 Å². The molecule has 0 bridgehead atoms. The van der Waals surface area contributed by atoms with E-state index in [0.717, 1.165) is 39.3 Å². The Bertz CT molecular complexity index is 785. The lowest BCUT2D eigenvalue weighted by atomic mass is 10.1. The maximum absolute atomic E-state index is 5.62. The van der Waals surface area contributed by atoms with Gasteiger partial charge >= 0.3 is 0 Å². The van der Waals surface area contributed by atoms with Gasteiger partial charge in [0.15, 0.2) is 12.4 Å². The van der Waals surface area contributed by atoms with Crippen molar-refractivity contribution in [3.05, 3.63) is 30.0 Å². The molecule has 110 valence electrons. The van der Waals surface area contributed by atoms with Crippen molar-refractivity contribution in [1.29, 1.82) is 0 Å². The second kappa shape index (κ2) is 5.99. The molecular formula is C15H16BrN3O2. The van der Waals surface area contributed by atoms with Gasteiger partial charge in [0.2, 0.25) is 5.88 Å². The van der Waals surface area contributed by atoms with Crippen LogP contribution in [0.15, 0.2) is 24.3 Å². The van der Waals surface area contributed by atoms with Gasteiger partial charge in [-0.25, -0.2) is 0 Å². The van der Waals surface area contributed by atoms with Crippen molar-refractivity contribution in [2.45, 2.75) is 6.42 Å². The smallest absolute Gasteiger partial charge is 0.225 e. The molecule has 0 aliphatic carbocycles. The van der Waals surface area contributed by atoms with Crippen LogP contribution in [-0.4, -0.2) is 34.0 Å². The minimum Gasteiger partial charge on any atom is -0.450 e. The molecule has 6 heteroatoms. The molecule has 0 N–H and O–H groups in total. The maximum atomic E-state index is 5.62. The number of alkyl halides is 1. The Kier molecular flexibility index (Phi) is 4.07. The van der Waals surface area contributed by atoms with Crippen LogP contribution in [0.25, 0.3) is 21.8 Å². The second-order valence-electron chi connectivity index (χ2n) is 4.72. The molecule has 0 amide bonds. The molecule has 0 spiro atoms. The summed E-state index contributed by atoms with van der Waals surface area (Å²) in [5, 5.41) is 8.64. The van der Waals surface area contributed by atoms with E-state index in [0.29, 0.717) is 5.88 Å². The molecule has 3 rings (SSSR count). The summed E-state index contributed by atoms with van der Waals surface area (Å²) in [6.45, 7) is 0.175. The maximum Gasteiger partial charge on any atom is 0.225 e. The molecule has 3 aromatic rings. The number of fused-ring (bicyclic) bond motifs is 3. The number of nitrogens with zero attached hydrogens (tertiary/aromatic N) is 3. The number of aromatic nitrogens is 3. The van der Waals surface area contributed by atoms with E-state index in [4.69, 9.17) is 9.47 Å². The van der Waals surface area contributed by atoms with E-state index < -0.39 is 0 Å². The SMILES string of the molecule is COCOc1nc2c(c(CCBr)nn2C)c2ccccc12. The molecule has 0 aliphatic rings. The summed E-state index contributed by atoms with van der Waals surface area (Å²) in [4.78, 5) is 4.63. The summed E-state index contributed by atoms with van der Waals surface area (Å²) in [5.74, 6) is 0.577. The first-order valence-electron chi connectivity index (χ1n) is 6.68. The van der Waals surface area contributed by atoms with Gasteiger partial charge in [-0.2, -0.15) is 10.1 Å². The van der Waals surface area contributed by atoms with Crippen LogP contribution in [0.2, 0.25) is 0 Å². The Morgan fingerprint density at radius 3 is 2.71 bits per heavy atom. The number of hydrogen-bond donors (Lipinski definition) is 0. The van der Waals surface area contributed by atoms with Crippen molar-refractivity contribution >= 4 is 37.7 Å². The summed E-state index contributed by atoms with van der Waals surface area (Å²) in [6, 6.07) is 8.10. The number of halogens is 1. The number of rotatable bonds is 5. The van der Waals surface area contributed by atoms with E-state index in [2.05, 4.69) is 32.1 Å². The van der Waals surface area contributed by atoms with Gasteiger partial charge in [-0.05, 0) is 11.5 Å². The van der Waals surface area contributed by atoms with Crippen molar-refractivity contribution in [3.8, 4) is 5.88 Å². The van der Waals surface area contributed by atoms with Crippen LogP contribution in [0.5, 0.6) is 5.88 Å². The van der Waals surface area contributed by atoms with E-state index in [-0.39, 0.29) is 6.79 Å². The van der Waals surface area contributed by atoms with Gasteiger partial charge in [-0.1, -0.05) is 34.1 Å². The molecule has 0 saturated heterocycles. The average molecular weight is 350 g/mol. The van der Waals surface area contributed by atoms with Gasteiger partial charge in [0.1, 0.15) is 0 Å². The summed E-state index contributed by atoms with van der Waals surface area (Å²) >= 11 is 3.48. The predicted molar refractivity (Wildman–Crippen MR) is 86.0 cm³/mol. The zero-order valence-electron chi connectivity index (χ0n) is 12.0. The predicted octanol–water partition coefficient (Wildman–Crippen LogP) is 3.04. The zero-order chi connectivity index (χ0) is 14.8. The van der Waals surface area contributed by atoms with Crippen LogP contribution in [0.4, 0.5) is 0 Å². The lowest BCUT2D eigenvalue weighted by Gasteiger charge is -2.09. The van der Waals surface area contributed by atoms with Crippen LogP contribution >= 0.6 is 15.9 Å². The summed E-state index contributed by atoms with van der Waals surface area (Å²) in [5.41, 5.74) is 1.88. The normalized spacial score (nSPS) is 11.4. The molecule has 0 aliphatic heterocycles. The molecule has 2 heterocycles. The molecule has 5 nitrogen and oxygen atoms in total. The van der Waals surface area contributed by atoms with Gasteiger partial charge < -0.3 is 9.47 Å². The summed E-state index contributed by atoms with van der Waals surface area (Å²) < 4.78 is 12.4. The number of methoxy groups -OCH3 is 1. The molecule has 21 heavy (non-hydrogen) atoms. The number of hydrogen-bond acceptors (Lipinski definition) is 4. The fraction of sp³-hybridized carbons (Fsp3) is 0.333. The lowest BCUT2D eigenvalue weighted by Crippen LogP contribution is -2.02. The summed E-state index contributed by atoms with van der Waals surface area (Å²) in [6.07, 6.45) is 0.862. The van der Waals surface area contributed by atoms with Crippen LogP contribution in [0, 0.1) is 0 Å². The average Bonchev–Trinajstić information content (AvgIpc) is 2.81. The second-order valence-corrected chi connectivity index (χ2v) is 5.51. The minimum absolute atomic E-state index is 0.175. The van der Waals surface area contributed by atoms with E-state index in [1.54, 1.807) is 11.8 Å². The molecule has 0 saturated carbocycles. The largest absolute Gasteiger partial charge is 0.450 e. The Morgan fingerprint density at radius 2 is 2.00 bits per heavy atom. The van der Waals surface area contributed by atoms with Crippen molar-refractivity contribution < 1.29 is 9.47 Å². The Hall–Kier alpha value is -1.66. The van der Waals surface area contributed by atoms with Crippen LogP contribution in [-0.2, 0) is 18.2 Å². The van der Waals surface area contributed by atoms with Crippen LogP contribution in [0.3, 0.4) is 0 Å². The van der Waals surface area contributed by atoms with Gasteiger partial charge in [0.25, 0.3) is 0 Å². The van der Waals surface area contributed by atoms with Gasteiger partial charge in [0.05, 0.1) is 11.1 Å². The van der Waals surface area contributed by atoms with E-state index in [1.165, 1.54) is 0 Å². The molecule has 0 unspecified atom stereocenters. The van der Waals surface area contributed by atoms with Gasteiger partial charge in [-0.3, -0.25) is 4.68 Å². The first-order chi connectivity index (χ1) is 10.3. The Balaban J connectivity index is 2.32. The van der Waals surface area contributed by atoms with Crippen LogP contribution in [0.1, 0.15) is 5.69 Å². The fourth-order valence-electron chi connectivity index (χ4n) is 2.51. The number of ether oxygens (including phenoxy) is 2. The van der Waals surface area contributed by atoms with E-state index in [1.807, 2.05) is 25.2 Å². The topological polar surface area (TPSA) is 49.2 Å². The molecule has 0 atom stereocenters. The molecular weight excluding hydrogens is 334 g/mol. The Morgan fingerprint density at radius 1 is 1.24 bits per heavy atom. The third-order valence-electron chi connectivity index (χ3n) is 3.37. The highest BCUT2D eigenvalue weighted by atomic mass is 79.9. The molecule has 0 fully saturated rings. The van der Waals surface area contributed by atoms with Crippen molar-refractivity contribution in [2.75, 3.05) is 19.2 Å². The van der Waals surface area contributed by atoms with Crippen molar-refractivity contribution in [1.82, 2.24) is 14.8 Å². The number of aryl methyl sites for hydroxylation is 2. The monoisotopic (exact) mass is 349 g/mol. The van der Waals surface area contributed by atoms with Gasteiger partial charge in [0, 0.05) is 31.3 Å². The van der Waals surface area contributed by atoms with Crippen molar-refractivity contribution in [2.24, 2.45) is 7.05 Å². The summed E-state index contributed by atoms with van der Waals surface area (Å²) in [7, 11) is 3.50. The minimum atomic E-state index is 0.175. The number of benzene rings is 1. The van der Waals surface area contributed by atoms with E-state index >= 15 is 0 Å². The third kappa shape index (κ3) is 2.49. The van der Waals surface area contributed by atoms with Gasteiger partial charge in [-0.15, -0.1) is 0 Å². The van der Waals surface area contributed by atoms with Crippen molar-refractivity contribution in [3.63, 3.8) is 0 Å². The molecule has 2 aromatic heterocycles. The standard InChI is InChI=1S/C15H16BrN3O2/c1-19-14-13(12(18-19)7-8-16)10-5-3-4-6-11(10)15(17-14)21-9-20-2/h3-6H,7-9H2,1-2H3. The number of pyridine rings is 1. The highest BCUT2D eigenvalue weighted by molar-refractivity contribution is 9.09. The molecule has 0 radical (unpaired) electrons. The molecule has 1 aromatic carbocycles. The first-order valence-corrected chi connectivity index (χ1v) is 7.80. The van der Waals surface area contributed by atoms with Crippen LogP contribution < -0.4 is 4.74 Å². The highest BCUT2D eigenvalue weighted by Crippen LogP contribution is 2.32. The zero-order valence-corrected chi connectivity index (χ0v) is 13.6. The first kappa shape index (κ1) is 14.3. The third-order valence-corrected chi connectivity index (χ3v) is 3.76. The van der Waals surface area contributed by atoms with E-state index in [9.17, 15) is 0 Å². The fourth-order valence-corrected chi connectivity index (χ4v) is 2.88.